The number of pyridine rings is 1. The maximum Gasteiger partial charge on any atom is 0.416 e. The van der Waals surface area contributed by atoms with E-state index in [0.29, 0.717) is 17.9 Å². The number of alkyl halides is 3. The van der Waals surface area contributed by atoms with Crippen LogP contribution in [0, 0.1) is 13.8 Å². The monoisotopic (exact) mass is 374 g/mol. The predicted octanol–water partition coefficient (Wildman–Crippen LogP) is 4.91. The number of benzene rings is 1. The van der Waals surface area contributed by atoms with Gasteiger partial charge in [-0.15, -0.1) is 0 Å². The summed E-state index contributed by atoms with van der Waals surface area (Å²) < 4.78 is 44.2. The van der Waals surface area contributed by atoms with Gasteiger partial charge < -0.3 is 10.1 Å². The smallest absolute Gasteiger partial charge is 0.416 e. The van der Waals surface area contributed by atoms with Crippen molar-refractivity contribution in [3.8, 4) is 11.6 Å². The molecule has 5 nitrogen and oxygen atoms in total. The minimum absolute atomic E-state index is 0.0684. The highest BCUT2D eigenvalue weighted by Gasteiger charge is 2.30. The number of nitrogens with one attached hydrogen (secondary N) is 1. The minimum atomic E-state index is -4.43. The predicted molar refractivity (Wildman–Crippen MR) is 94.6 cm³/mol. The van der Waals surface area contributed by atoms with Crippen LogP contribution in [0.3, 0.4) is 0 Å². The molecule has 0 amide bonds. The second-order valence-corrected chi connectivity index (χ2v) is 5.88. The molecule has 140 valence electrons. The SMILES string of the molecule is Cc1ncnc(NCc2cccnc2Oc2cccc(C(F)(F)F)c2)c1C. The summed E-state index contributed by atoms with van der Waals surface area (Å²) in [5.41, 5.74) is 1.69. The quantitative estimate of drug-likeness (QED) is 0.687. The summed E-state index contributed by atoms with van der Waals surface area (Å²) in [6, 6.07) is 8.21. The molecular formula is C19H17F3N4O. The third kappa shape index (κ3) is 4.52. The fourth-order valence-corrected chi connectivity index (χ4v) is 2.39. The molecule has 2 heterocycles. The minimum Gasteiger partial charge on any atom is -0.439 e. The standard InChI is InChI=1S/C19H17F3N4O/c1-12-13(2)25-11-26-17(12)24-10-14-5-4-8-23-18(14)27-16-7-3-6-15(9-16)19(20,21)22/h3-9,11H,10H2,1-2H3,(H,24,25,26). The molecule has 1 aromatic carbocycles. The van der Waals surface area contributed by atoms with Gasteiger partial charge in [0.25, 0.3) is 0 Å². The van der Waals surface area contributed by atoms with Crippen LogP contribution < -0.4 is 10.1 Å². The van der Waals surface area contributed by atoms with Crippen molar-refractivity contribution in [3.63, 3.8) is 0 Å². The van der Waals surface area contributed by atoms with Crippen LogP contribution in [0.1, 0.15) is 22.4 Å². The highest BCUT2D eigenvalue weighted by Crippen LogP contribution is 2.33. The number of nitrogens with zero attached hydrogens (tertiary/aromatic N) is 3. The first-order chi connectivity index (χ1) is 12.8. The van der Waals surface area contributed by atoms with Crippen molar-refractivity contribution in [1.29, 1.82) is 0 Å². The van der Waals surface area contributed by atoms with Crippen molar-refractivity contribution in [1.82, 2.24) is 15.0 Å². The topological polar surface area (TPSA) is 59.9 Å². The van der Waals surface area contributed by atoms with Crippen LogP contribution in [-0.2, 0) is 12.7 Å². The van der Waals surface area contributed by atoms with E-state index in [9.17, 15) is 13.2 Å². The maximum atomic E-state index is 12.9. The van der Waals surface area contributed by atoms with Crippen molar-refractivity contribution >= 4 is 5.82 Å². The average molecular weight is 374 g/mol. The number of anilines is 1. The van der Waals surface area contributed by atoms with E-state index in [1.165, 1.54) is 24.7 Å². The number of aryl methyl sites for hydroxylation is 1. The fraction of sp³-hybridized carbons (Fsp3) is 0.211. The van der Waals surface area contributed by atoms with Gasteiger partial charge in [0.1, 0.15) is 17.9 Å². The van der Waals surface area contributed by atoms with Crippen LogP contribution in [0.4, 0.5) is 19.0 Å². The molecule has 0 aliphatic rings. The van der Waals surface area contributed by atoms with Gasteiger partial charge in [-0.25, -0.2) is 15.0 Å². The number of hydrogen-bond acceptors (Lipinski definition) is 5. The molecule has 8 heteroatoms. The number of hydrogen-bond donors (Lipinski definition) is 1. The molecule has 27 heavy (non-hydrogen) atoms. The first-order valence-electron chi connectivity index (χ1n) is 8.15. The molecule has 0 bridgehead atoms. The Bertz CT molecular complexity index is 944. The Kier molecular flexibility index (Phi) is 5.25. The molecule has 0 unspecified atom stereocenters. The Morgan fingerprint density at radius 2 is 1.85 bits per heavy atom. The Balaban J connectivity index is 1.79. The molecule has 0 saturated heterocycles. The second-order valence-electron chi connectivity index (χ2n) is 5.88. The summed E-state index contributed by atoms with van der Waals surface area (Å²) in [6.45, 7) is 4.13. The van der Waals surface area contributed by atoms with Gasteiger partial charge in [0, 0.05) is 29.6 Å². The highest BCUT2D eigenvalue weighted by molar-refractivity contribution is 5.46. The first kappa shape index (κ1) is 18.6. The highest BCUT2D eigenvalue weighted by atomic mass is 19.4. The molecular weight excluding hydrogens is 357 g/mol. The molecule has 0 atom stereocenters. The Labute approximate surface area is 154 Å². The lowest BCUT2D eigenvalue weighted by Crippen LogP contribution is -2.07. The van der Waals surface area contributed by atoms with E-state index in [1.54, 1.807) is 12.1 Å². The van der Waals surface area contributed by atoms with Gasteiger partial charge in [0.2, 0.25) is 5.88 Å². The summed E-state index contributed by atoms with van der Waals surface area (Å²) in [5, 5.41) is 3.18. The maximum absolute atomic E-state index is 12.9. The Morgan fingerprint density at radius 3 is 2.63 bits per heavy atom. The van der Waals surface area contributed by atoms with Gasteiger partial charge in [-0.1, -0.05) is 12.1 Å². The van der Waals surface area contributed by atoms with E-state index < -0.39 is 11.7 Å². The van der Waals surface area contributed by atoms with E-state index in [0.717, 1.165) is 23.4 Å². The van der Waals surface area contributed by atoms with Gasteiger partial charge in [0.05, 0.1) is 5.56 Å². The number of halogens is 3. The summed E-state index contributed by atoms with van der Waals surface area (Å²) in [5.74, 6) is 0.975. The lowest BCUT2D eigenvalue weighted by atomic mass is 10.2. The molecule has 2 aromatic heterocycles. The fourth-order valence-electron chi connectivity index (χ4n) is 2.39. The van der Waals surface area contributed by atoms with Crippen LogP contribution in [0.15, 0.2) is 48.9 Å². The third-order valence-corrected chi connectivity index (χ3v) is 4.01. The van der Waals surface area contributed by atoms with Crippen LogP contribution in [0.25, 0.3) is 0 Å². The van der Waals surface area contributed by atoms with E-state index >= 15 is 0 Å². The Hall–Kier alpha value is -3.16. The van der Waals surface area contributed by atoms with Gasteiger partial charge in [-0.05, 0) is 38.1 Å². The van der Waals surface area contributed by atoms with Gasteiger partial charge >= 0.3 is 6.18 Å². The molecule has 0 spiro atoms. The summed E-state index contributed by atoms with van der Waals surface area (Å²) in [6.07, 6.45) is -1.45. The van der Waals surface area contributed by atoms with Crippen molar-refractivity contribution in [3.05, 3.63) is 71.3 Å². The molecule has 3 aromatic rings. The average Bonchev–Trinajstić information content (AvgIpc) is 2.64. The molecule has 0 saturated carbocycles. The lowest BCUT2D eigenvalue weighted by Gasteiger charge is -2.13. The van der Waals surface area contributed by atoms with Crippen molar-refractivity contribution in [2.75, 3.05) is 5.32 Å². The van der Waals surface area contributed by atoms with Gasteiger partial charge in [-0.2, -0.15) is 13.2 Å². The van der Waals surface area contributed by atoms with E-state index in [1.807, 2.05) is 13.8 Å². The molecule has 3 rings (SSSR count). The third-order valence-electron chi connectivity index (χ3n) is 4.01. The van der Waals surface area contributed by atoms with Crippen LogP contribution >= 0.6 is 0 Å². The molecule has 0 aliphatic heterocycles. The zero-order chi connectivity index (χ0) is 19.4. The van der Waals surface area contributed by atoms with E-state index in [4.69, 9.17) is 4.74 Å². The van der Waals surface area contributed by atoms with Gasteiger partial charge in [0.15, 0.2) is 0 Å². The van der Waals surface area contributed by atoms with Crippen molar-refractivity contribution in [2.45, 2.75) is 26.6 Å². The summed E-state index contributed by atoms with van der Waals surface area (Å²) >= 11 is 0. The second kappa shape index (κ2) is 7.61. The molecule has 0 aliphatic carbocycles. The van der Waals surface area contributed by atoms with Gasteiger partial charge in [-0.3, -0.25) is 0 Å². The van der Waals surface area contributed by atoms with E-state index in [2.05, 4.69) is 20.3 Å². The van der Waals surface area contributed by atoms with Crippen molar-refractivity contribution < 1.29 is 17.9 Å². The molecule has 1 N–H and O–H groups in total. The summed E-state index contributed by atoms with van der Waals surface area (Å²) in [7, 11) is 0. The lowest BCUT2D eigenvalue weighted by molar-refractivity contribution is -0.137. The normalized spacial score (nSPS) is 11.3. The summed E-state index contributed by atoms with van der Waals surface area (Å²) in [4.78, 5) is 12.5. The molecule has 0 radical (unpaired) electrons. The van der Waals surface area contributed by atoms with Crippen molar-refractivity contribution in [2.24, 2.45) is 0 Å². The Morgan fingerprint density at radius 1 is 1.04 bits per heavy atom. The number of aromatic nitrogens is 3. The van der Waals surface area contributed by atoms with Crippen LogP contribution in [0.2, 0.25) is 0 Å². The number of rotatable bonds is 5. The van der Waals surface area contributed by atoms with Crippen LogP contribution in [0.5, 0.6) is 11.6 Å². The zero-order valence-electron chi connectivity index (χ0n) is 14.7. The van der Waals surface area contributed by atoms with Crippen LogP contribution in [-0.4, -0.2) is 15.0 Å². The van der Waals surface area contributed by atoms with E-state index in [-0.39, 0.29) is 11.6 Å². The zero-order valence-corrected chi connectivity index (χ0v) is 14.7. The molecule has 0 fully saturated rings. The first-order valence-corrected chi connectivity index (χ1v) is 8.15. The number of ether oxygens (including phenoxy) is 1. The largest absolute Gasteiger partial charge is 0.439 e.